The van der Waals surface area contributed by atoms with Crippen LogP contribution in [0.3, 0.4) is 0 Å². The number of aromatic amines is 1. The van der Waals surface area contributed by atoms with Crippen molar-refractivity contribution in [1.29, 1.82) is 0 Å². The number of carbonyl (C=O) groups excluding carboxylic acids is 1. The monoisotopic (exact) mass is 343 g/mol. The average Bonchev–Trinajstić information content (AvgIpc) is 3.21. The number of likely N-dealkylation sites (N-methyl/N-ethyl adjacent to an activating group) is 1. The topological polar surface area (TPSA) is 94.1 Å². The van der Waals surface area contributed by atoms with Gasteiger partial charge in [0.1, 0.15) is 5.82 Å². The Bertz CT molecular complexity index is 737. The molecule has 1 aromatic carbocycles. The van der Waals surface area contributed by atoms with E-state index in [0.29, 0.717) is 18.9 Å². The fraction of sp³-hybridized carbons (Fsp3) is 0.500. The number of benzene rings is 1. The number of urea groups is 1. The molecule has 1 aliphatic carbocycles. The van der Waals surface area contributed by atoms with Crippen LogP contribution < -0.4 is 5.32 Å². The van der Waals surface area contributed by atoms with E-state index in [0.717, 1.165) is 42.6 Å². The molecule has 134 valence electrons. The Morgan fingerprint density at radius 1 is 1.40 bits per heavy atom. The van der Waals surface area contributed by atoms with Crippen LogP contribution in [0.2, 0.25) is 0 Å². The summed E-state index contributed by atoms with van der Waals surface area (Å²) in [5, 5.41) is 20.3. The molecule has 7 heteroatoms. The van der Waals surface area contributed by atoms with E-state index in [9.17, 15) is 9.90 Å². The first-order valence-corrected chi connectivity index (χ1v) is 8.65. The summed E-state index contributed by atoms with van der Waals surface area (Å²) in [7, 11) is 1.72. The molecule has 0 atom stereocenters. The molecular weight excluding hydrogens is 318 g/mol. The van der Waals surface area contributed by atoms with Gasteiger partial charge in [0.25, 0.3) is 0 Å². The molecule has 0 radical (unpaired) electrons. The summed E-state index contributed by atoms with van der Waals surface area (Å²) in [6.45, 7) is 2.64. The summed E-state index contributed by atoms with van der Waals surface area (Å²) in [4.78, 5) is 18.2. The number of aryl methyl sites for hydroxylation is 1. The number of aromatic nitrogens is 3. The zero-order valence-corrected chi connectivity index (χ0v) is 14.7. The molecule has 0 bridgehead atoms. The average molecular weight is 343 g/mol. The summed E-state index contributed by atoms with van der Waals surface area (Å²) < 4.78 is 0. The minimum Gasteiger partial charge on any atom is -0.388 e. The molecule has 1 heterocycles. The van der Waals surface area contributed by atoms with Crippen molar-refractivity contribution in [2.24, 2.45) is 0 Å². The molecule has 2 aromatic rings. The Labute approximate surface area is 147 Å². The second-order valence-electron chi connectivity index (χ2n) is 6.89. The predicted molar refractivity (Wildman–Crippen MR) is 94.8 cm³/mol. The van der Waals surface area contributed by atoms with Gasteiger partial charge in [-0.3, -0.25) is 5.10 Å². The smallest absolute Gasteiger partial charge is 0.317 e. The molecule has 3 rings (SSSR count). The van der Waals surface area contributed by atoms with Gasteiger partial charge >= 0.3 is 6.03 Å². The number of hydrogen-bond donors (Lipinski definition) is 3. The molecule has 1 fully saturated rings. The van der Waals surface area contributed by atoms with Crippen LogP contribution in [0.15, 0.2) is 24.3 Å². The number of carbonyl (C=O) groups is 1. The molecule has 0 unspecified atom stereocenters. The molecule has 0 spiro atoms. The van der Waals surface area contributed by atoms with Gasteiger partial charge in [-0.05, 0) is 31.4 Å². The maximum Gasteiger partial charge on any atom is 0.317 e. The molecular formula is C18H25N5O2. The van der Waals surface area contributed by atoms with Gasteiger partial charge in [0.15, 0.2) is 5.82 Å². The molecule has 1 aliphatic rings. The van der Waals surface area contributed by atoms with Crippen molar-refractivity contribution in [3.8, 4) is 11.4 Å². The fourth-order valence-corrected chi connectivity index (χ4v) is 3.31. The Morgan fingerprint density at radius 3 is 2.84 bits per heavy atom. The third-order valence-corrected chi connectivity index (χ3v) is 4.64. The van der Waals surface area contributed by atoms with Crippen LogP contribution in [0.4, 0.5) is 4.79 Å². The van der Waals surface area contributed by atoms with Crippen molar-refractivity contribution in [3.05, 3.63) is 35.7 Å². The number of hydrogen-bond acceptors (Lipinski definition) is 4. The summed E-state index contributed by atoms with van der Waals surface area (Å²) >= 11 is 0. The molecule has 1 saturated carbocycles. The van der Waals surface area contributed by atoms with Crippen LogP contribution in [-0.4, -0.2) is 50.4 Å². The summed E-state index contributed by atoms with van der Waals surface area (Å²) in [6.07, 6.45) is 3.59. The summed E-state index contributed by atoms with van der Waals surface area (Å²) in [5.74, 6) is 1.41. The molecule has 0 aliphatic heterocycles. The zero-order chi connectivity index (χ0) is 17.9. The van der Waals surface area contributed by atoms with Gasteiger partial charge in [-0.1, -0.05) is 31.0 Å². The second kappa shape index (κ2) is 7.23. The van der Waals surface area contributed by atoms with Crippen molar-refractivity contribution >= 4 is 6.03 Å². The summed E-state index contributed by atoms with van der Waals surface area (Å²) in [5.41, 5.74) is 1.15. The van der Waals surface area contributed by atoms with Gasteiger partial charge in [-0.25, -0.2) is 9.78 Å². The van der Waals surface area contributed by atoms with E-state index in [1.165, 1.54) is 0 Å². The van der Waals surface area contributed by atoms with Crippen molar-refractivity contribution in [3.63, 3.8) is 0 Å². The summed E-state index contributed by atoms with van der Waals surface area (Å²) in [6, 6.07) is 7.60. The quantitative estimate of drug-likeness (QED) is 0.776. The van der Waals surface area contributed by atoms with Crippen LogP contribution in [0.1, 0.15) is 37.1 Å². The maximum absolute atomic E-state index is 12.3. The van der Waals surface area contributed by atoms with Crippen LogP contribution in [0.25, 0.3) is 11.4 Å². The maximum atomic E-state index is 12.3. The number of nitrogens with zero attached hydrogens (tertiary/aromatic N) is 3. The lowest BCUT2D eigenvalue weighted by Crippen LogP contribution is -2.45. The van der Waals surface area contributed by atoms with Crippen LogP contribution >= 0.6 is 0 Å². The zero-order valence-electron chi connectivity index (χ0n) is 14.7. The lowest BCUT2D eigenvalue weighted by molar-refractivity contribution is 0.0247. The van der Waals surface area contributed by atoms with E-state index in [1.807, 2.05) is 31.2 Å². The van der Waals surface area contributed by atoms with E-state index in [4.69, 9.17) is 0 Å². The lowest BCUT2D eigenvalue weighted by Gasteiger charge is -2.28. The van der Waals surface area contributed by atoms with Crippen molar-refractivity contribution < 1.29 is 9.90 Å². The third kappa shape index (κ3) is 4.36. The number of amides is 2. The second-order valence-corrected chi connectivity index (χ2v) is 6.89. The van der Waals surface area contributed by atoms with Crippen LogP contribution in [-0.2, 0) is 6.54 Å². The van der Waals surface area contributed by atoms with Crippen LogP contribution in [0, 0.1) is 6.92 Å². The highest BCUT2D eigenvalue weighted by Gasteiger charge is 2.33. The van der Waals surface area contributed by atoms with Gasteiger partial charge in [0, 0.05) is 19.2 Å². The predicted octanol–water partition coefficient (Wildman–Crippen LogP) is 2.23. The first kappa shape index (κ1) is 17.4. The first-order chi connectivity index (χ1) is 12.0. The number of rotatable bonds is 5. The standard InChI is InChI=1S/C18H25N5O2/c1-13-20-16(22-21-13)15-7-5-6-14(10-15)11-19-17(24)23(2)12-18(25)8-3-4-9-18/h5-7,10,25H,3-4,8-9,11-12H2,1-2H3,(H,19,24)(H,20,21,22). The van der Waals surface area contributed by atoms with Gasteiger partial charge in [0.2, 0.25) is 0 Å². The minimum absolute atomic E-state index is 0.181. The molecule has 25 heavy (non-hydrogen) atoms. The molecule has 0 saturated heterocycles. The first-order valence-electron chi connectivity index (χ1n) is 8.65. The van der Waals surface area contributed by atoms with Gasteiger partial charge in [0.05, 0.1) is 12.1 Å². The molecule has 1 aromatic heterocycles. The largest absolute Gasteiger partial charge is 0.388 e. The van der Waals surface area contributed by atoms with Crippen molar-refractivity contribution in [1.82, 2.24) is 25.4 Å². The molecule has 2 amide bonds. The van der Waals surface area contributed by atoms with Gasteiger partial charge in [-0.2, -0.15) is 5.10 Å². The Balaban J connectivity index is 1.56. The van der Waals surface area contributed by atoms with E-state index < -0.39 is 5.60 Å². The fourth-order valence-electron chi connectivity index (χ4n) is 3.31. The Kier molecular flexibility index (Phi) is 5.03. The normalized spacial score (nSPS) is 16.0. The van der Waals surface area contributed by atoms with E-state index in [2.05, 4.69) is 20.5 Å². The van der Waals surface area contributed by atoms with Gasteiger partial charge < -0.3 is 15.3 Å². The van der Waals surface area contributed by atoms with Crippen molar-refractivity contribution in [2.75, 3.05) is 13.6 Å². The van der Waals surface area contributed by atoms with E-state index >= 15 is 0 Å². The van der Waals surface area contributed by atoms with E-state index in [1.54, 1.807) is 11.9 Å². The van der Waals surface area contributed by atoms with Crippen molar-refractivity contribution in [2.45, 2.75) is 44.8 Å². The third-order valence-electron chi connectivity index (χ3n) is 4.64. The SMILES string of the molecule is Cc1nc(-c2cccc(CNC(=O)N(C)CC3(O)CCCC3)c2)n[nH]1. The Morgan fingerprint density at radius 2 is 2.16 bits per heavy atom. The lowest BCUT2D eigenvalue weighted by atomic mass is 10.0. The highest BCUT2D eigenvalue weighted by atomic mass is 16.3. The highest BCUT2D eigenvalue weighted by molar-refractivity contribution is 5.74. The minimum atomic E-state index is -0.727. The molecule has 3 N–H and O–H groups in total. The molecule has 7 nitrogen and oxygen atoms in total. The Hall–Kier alpha value is -2.41. The number of nitrogens with one attached hydrogen (secondary N) is 2. The van der Waals surface area contributed by atoms with Gasteiger partial charge in [-0.15, -0.1) is 0 Å². The van der Waals surface area contributed by atoms with E-state index in [-0.39, 0.29) is 6.03 Å². The number of H-pyrrole nitrogens is 1. The highest BCUT2D eigenvalue weighted by Crippen LogP contribution is 2.29. The number of aliphatic hydroxyl groups is 1. The van der Waals surface area contributed by atoms with Crippen LogP contribution in [0.5, 0.6) is 0 Å².